The van der Waals surface area contributed by atoms with Crippen molar-refractivity contribution in [1.29, 1.82) is 0 Å². The van der Waals surface area contributed by atoms with Gasteiger partial charge in [-0.05, 0) is 48.7 Å². The number of nitrogens with one attached hydrogen (secondary N) is 2. The Balaban J connectivity index is 0.000000141. The van der Waals surface area contributed by atoms with Crippen LogP contribution >= 0.6 is 24.4 Å². The summed E-state index contributed by atoms with van der Waals surface area (Å²) < 4.78 is 10.2. The summed E-state index contributed by atoms with van der Waals surface area (Å²) in [4.78, 5) is 8.39. The van der Waals surface area contributed by atoms with Crippen molar-refractivity contribution in [2.75, 3.05) is 0 Å². The van der Waals surface area contributed by atoms with E-state index in [0.717, 1.165) is 11.1 Å². The topological polar surface area (TPSA) is 109 Å². The van der Waals surface area contributed by atoms with Gasteiger partial charge in [-0.15, -0.1) is 10.2 Å². The van der Waals surface area contributed by atoms with E-state index in [2.05, 4.69) is 30.4 Å². The van der Waals surface area contributed by atoms with Gasteiger partial charge in [-0.25, -0.2) is 10.2 Å². The third-order valence-electron chi connectivity index (χ3n) is 2.69. The Hall–Kier alpha value is -2.98. The minimum Gasteiger partial charge on any atom is -0.409 e. The van der Waals surface area contributed by atoms with Gasteiger partial charge in [0, 0.05) is 24.8 Å². The minimum atomic E-state index is 0.272. The van der Waals surface area contributed by atoms with E-state index in [1.165, 1.54) is 0 Å². The first-order valence-electron chi connectivity index (χ1n) is 6.64. The molecule has 10 heteroatoms. The lowest BCUT2D eigenvalue weighted by atomic mass is 10.3. The lowest BCUT2D eigenvalue weighted by Crippen LogP contribution is -1.77. The minimum absolute atomic E-state index is 0.272. The molecule has 0 saturated heterocycles. The van der Waals surface area contributed by atoms with E-state index in [-0.39, 0.29) is 9.67 Å². The van der Waals surface area contributed by atoms with Gasteiger partial charge < -0.3 is 8.83 Å². The van der Waals surface area contributed by atoms with E-state index in [1.807, 2.05) is 24.3 Å². The Bertz CT molecular complexity index is 923. The first kappa shape index (κ1) is 15.9. The van der Waals surface area contributed by atoms with E-state index in [4.69, 9.17) is 33.3 Å². The molecule has 0 bridgehead atoms. The summed E-state index contributed by atoms with van der Waals surface area (Å²) in [6, 6.07) is 7.31. The number of hydrogen-bond donors (Lipinski definition) is 2. The zero-order chi connectivity index (χ0) is 16.8. The highest BCUT2D eigenvalue weighted by Gasteiger charge is 2.02. The summed E-state index contributed by atoms with van der Waals surface area (Å²) >= 11 is 9.46. The molecular weight excluding hydrogens is 348 g/mol. The van der Waals surface area contributed by atoms with Gasteiger partial charge in [0.25, 0.3) is 9.67 Å². The lowest BCUT2D eigenvalue weighted by Gasteiger charge is -1.89. The molecule has 4 aromatic heterocycles. The predicted molar refractivity (Wildman–Crippen MR) is 89.8 cm³/mol. The molecule has 8 nitrogen and oxygen atoms in total. The van der Waals surface area contributed by atoms with Crippen molar-refractivity contribution in [3.63, 3.8) is 0 Å². The van der Waals surface area contributed by atoms with Crippen molar-refractivity contribution in [3.8, 4) is 22.9 Å². The summed E-state index contributed by atoms with van der Waals surface area (Å²) in [6.45, 7) is 0. The number of pyridine rings is 2. The molecule has 2 N–H and O–H groups in total. The maximum absolute atomic E-state index is 5.08. The first-order valence-corrected chi connectivity index (χ1v) is 7.46. The van der Waals surface area contributed by atoms with E-state index in [9.17, 15) is 0 Å². The van der Waals surface area contributed by atoms with Crippen molar-refractivity contribution in [1.82, 2.24) is 30.4 Å². The smallest absolute Gasteiger partial charge is 0.284 e. The normalized spacial score (nSPS) is 10.0. The molecule has 4 aromatic rings. The van der Waals surface area contributed by atoms with Crippen LogP contribution in [0, 0.1) is 9.67 Å². The van der Waals surface area contributed by atoms with Crippen molar-refractivity contribution in [2.24, 2.45) is 0 Å². The van der Waals surface area contributed by atoms with E-state index in [0.29, 0.717) is 11.8 Å². The highest BCUT2D eigenvalue weighted by molar-refractivity contribution is 7.71. The van der Waals surface area contributed by atoms with Crippen LogP contribution in [0.4, 0.5) is 0 Å². The van der Waals surface area contributed by atoms with Gasteiger partial charge in [-0.2, -0.15) is 0 Å². The van der Waals surface area contributed by atoms with E-state index < -0.39 is 0 Å². The first-order chi connectivity index (χ1) is 11.7. The summed E-state index contributed by atoms with van der Waals surface area (Å²) in [5.74, 6) is 0.932. The second kappa shape index (κ2) is 7.53. The van der Waals surface area contributed by atoms with Crippen molar-refractivity contribution < 1.29 is 8.83 Å². The van der Waals surface area contributed by atoms with Gasteiger partial charge in [0.15, 0.2) is 0 Å². The highest BCUT2D eigenvalue weighted by Crippen LogP contribution is 2.14. The molecule has 0 spiro atoms. The van der Waals surface area contributed by atoms with Gasteiger partial charge >= 0.3 is 0 Å². The molecule has 0 radical (unpaired) electrons. The van der Waals surface area contributed by atoms with Crippen molar-refractivity contribution in [3.05, 3.63) is 58.7 Å². The monoisotopic (exact) mass is 358 g/mol. The van der Waals surface area contributed by atoms with Crippen LogP contribution in [0.25, 0.3) is 22.9 Å². The number of aromatic nitrogens is 6. The number of aromatic amines is 2. The molecule has 4 rings (SSSR count). The van der Waals surface area contributed by atoms with E-state index >= 15 is 0 Å². The van der Waals surface area contributed by atoms with Gasteiger partial charge in [0.05, 0.1) is 11.1 Å². The second-order valence-electron chi connectivity index (χ2n) is 4.32. The predicted octanol–water partition coefficient (Wildman–Crippen LogP) is 3.59. The lowest BCUT2D eigenvalue weighted by molar-refractivity contribution is 0.551. The number of H-pyrrole nitrogens is 2. The molecule has 0 aliphatic rings. The third-order valence-corrected chi connectivity index (χ3v) is 3.04. The third kappa shape index (κ3) is 4.06. The molecule has 0 atom stereocenters. The number of hydrogen-bond acceptors (Lipinski definition) is 8. The molecule has 0 aliphatic heterocycles. The van der Waals surface area contributed by atoms with Crippen LogP contribution in [0.2, 0.25) is 0 Å². The molecule has 0 fully saturated rings. The van der Waals surface area contributed by atoms with Crippen LogP contribution in [0.15, 0.2) is 57.9 Å². The van der Waals surface area contributed by atoms with Crippen LogP contribution in [0.1, 0.15) is 0 Å². The summed E-state index contributed by atoms with van der Waals surface area (Å²) in [5.41, 5.74) is 1.62. The van der Waals surface area contributed by atoms with Gasteiger partial charge in [-0.1, -0.05) is 0 Å². The van der Waals surface area contributed by atoms with Crippen LogP contribution in [0.5, 0.6) is 0 Å². The maximum atomic E-state index is 5.08. The van der Waals surface area contributed by atoms with Gasteiger partial charge in [0.1, 0.15) is 0 Å². The number of rotatable bonds is 2. The van der Waals surface area contributed by atoms with Crippen LogP contribution in [-0.2, 0) is 0 Å². The molecular formula is C14H10N6O2S2. The fourth-order valence-corrected chi connectivity index (χ4v) is 1.93. The fraction of sp³-hybridized carbons (Fsp3) is 0. The molecule has 0 saturated carbocycles. The molecule has 0 aliphatic carbocycles. The van der Waals surface area contributed by atoms with Crippen molar-refractivity contribution in [2.45, 2.75) is 0 Å². The average Bonchev–Trinajstić information content (AvgIpc) is 3.26. The molecule has 0 amide bonds. The zero-order valence-electron chi connectivity index (χ0n) is 12.0. The molecule has 0 unspecified atom stereocenters. The standard InChI is InChI=1S/2C7H5N3OS/c2*12-7-10-9-6(11-7)5-2-1-3-8-4-5/h2*1-4H,(H,10,12). The van der Waals surface area contributed by atoms with Crippen LogP contribution in [0.3, 0.4) is 0 Å². The Morgan fingerprint density at radius 1 is 0.750 bits per heavy atom. The molecule has 0 aromatic carbocycles. The molecule has 4 heterocycles. The van der Waals surface area contributed by atoms with Crippen LogP contribution in [-0.4, -0.2) is 30.4 Å². The van der Waals surface area contributed by atoms with Crippen molar-refractivity contribution >= 4 is 24.4 Å². The highest BCUT2D eigenvalue weighted by atomic mass is 32.1. The molecule has 24 heavy (non-hydrogen) atoms. The van der Waals surface area contributed by atoms with Gasteiger partial charge in [-0.3, -0.25) is 9.97 Å². The Morgan fingerprint density at radius 3 is 1.50 bits per heavy atom. The zero-order valence-corrected chi connectivity index (χ0v) is 13.7. The number of nitrogens with zero attached hydrogens (tertiary/aromatic N) is 4. The average molecular weight is 358 g/mol. The maximum Gasteiger partial charge on any atom is 0.284 e. The largest absolute Gasteiger partial charge is 0.409 e. The van der Waals surface area contributed by atoms with E-state index in [1.54, 1.807) is 24.8 Å². The Labute approximate surface area is 145 Å². The fourth-order valence-electron chi connectivity index (χ4n) is 1.69. The van der Waals surface area contributed by atoms with Crippen LogP contribution < -0.4 is 0 Å². The second-order valence-corrected chi connectivity index (χ2v) is 5.06. The van der Waals surface area contributed by atoms with Gasteiger partial charge in [0.2, 0.25) is 11.8 Å². The molecule has 120 valence electrons. The summed E-state index contributed by atoms with van der Waals surface area (Å²) in [5, 5.41) is 12.8. The Morgan fingerprint density at radius 2 is 1.21 bits per heavy atom. The quantitative estimate of drug-likeness (QED) is 0.523. The SMILES string of the molecule is S=c1[nH]nc(-c2cccnc2)o1.S=c1[nH]nc(-c2cccnc2)o1. The summed E-state index contributed by atoms with van der Waals surface area (Å²) in [6.07, 6.45) is 6.69. The summed E-state index contributed by atoms with van der Waals surface area (Å²) in [7, 11) is 0. The Kier molecular flexibility index (Phi) is 4.99.